The molecule has 0 fully saturated rings. The minimum absolute atomic E-state index is 0.0366. The number of aryl methyl sites for hydroxylation is 1. The Morgan fingerprint density at radius 2 is 2.07 bits per heavy atom. The highest BCUT2D eigenvalue weighted by atomic mass is 16.3. The van der Waals surface area contributed by atoms with Crippen LogP contribution < -0.4 is 10.6 Å². The zero-order chi connectivity index (χ0) is 11.4. The Hall–Kier alpha value is -1.06. The quantitative estimate of drug-likeness (QED) is 0.773. The number of nitrogens with zero attached hydrogens (tertiary/aromatic N) is 1. The summed E-state index contributed by atoms with van der Waals surface area (Å²) in [6.07, 6.45) is 0.732. The van der Waals surface area contributed by atoms with Crippen LogP contribution in [0.2, 0.25) is 0 Å². The van der Waals surface area contributed by atoms with Crippen molar-refractivity contribution in [3.05, 3.63) is 29.3 Å². The van der Waals surface area contributed by atoms with Crippen LogP contribution in [0.5, 0.6) is 0 Å². The highest BCUT2D eigenvalue weighted by Crippen LogP contribution is 2.18. The fraction of sp³-hybridized carbons (Fsp3) is 0.500. The van der Waals surface area contributed by atoms with Crippen molar-refractivity contribution in [2.24, 2.45) is 5.73 Å². The largest absolute Gasteiger partial charge is 0.395 e. The molecule has 3 heteroatoms. The number of nitrogens with two attached hydrogens (primary N) is 1. The smallest absolute Gasteiger partial charge is 0.0585 e. The van der Waals surface area contributed by atoms with Gasteiger partial charge < -0.3 is 15.7 Å². The van der Waals surface area contributed by atoms with Crippen molar-refractivity contribution in [3.8, 4) is 0 Å². The van der Waals surface area contributed by atoms with Crippen molar-refractivity contribution < 1.29 is 5.11 Å². The molecule has 0 aliphatic heterocycles. The Bertz CT molecular complexity index is 323. The molecule has 84 valence electrons. The van der Waals surface area contributed by atoms with Crippen LogP contribution in [0.3, 0.4) is 0 Å². The molecule has 0 amide bonds. The van der Waals surface area contributed by atoms with Gasteiger partial charge in [0.1, 0.15) is 0 Å². The number of anilines is 1. The van der Waals surface area contributed by atoms with E-state index in [1.165, 1.54) is 16.8 Å². The maximum atomic E-state index is 8.90. The molecule has 0 aliphatic carbocycles. The summed E-state index contributed by atoms with van der Waals surface area (Å²) in [5.74, 6) is 0. The molecule has 1 unspecified atom stereocenters. The van der Waals surface area contributed by atoms with E-state index in [1.807, 2.05) is 14.1 Å². The van der Waals surface area contributed by atoms with Crippen LogP contribution >= 0.6 is 0 Å². The monoisotopic (exact) mass is 208 g/mol. The van der Waals surface area contributed by atoms with E-state index in [2.05, 4.69) is 30.0 Å². The number of hydrogen-bond donors (Lipinski definition) is 2. The first-order valence-corrected chi connectivity index (χ1v) is 5.18. The number of aliphatic hydroxyl groups is 1. The number of aliphatic hydroxyl groups excluding tert-OH is 1. The summed E-state index contributed by atoms with van der Waals surface area (Å²) in [4.78, 5) is 2.07. The van der Waals surface area contributed by atoms with Crippen LogP contribution in [0.4, 0.5) is 5.69 Å². The number of rotatable bonds is 4. The zero-order valence-electron chi connectivity index (χ0n) is 9.70. The Morgan fingerprint density at radius 3 is 2.53 bits per heavy atom. The Kier molecular flexibility index (Phi) is 4.12. The van der Waals surface area contributed by atoms with Gasteiger partial charge in [-0.25, -0.2) is 0 Å². The summed E-state index contributed by atoms with van der Waals surface area (Å²) < 4.78 is 0. The molecule has 0 saturated carbocycles. The lowest BCUT2D eigenvalue weighted by molar-refractivity contribution is 0.265. The van der Waals surface area contributed by atoms with Crippen molar-refractivity contribution in [1.29, 1.82) is 0 Å². The van der Waals surface area contributed by atoms with E-state index in [9.17, 15) is 0 Å². The Labute approximate surface area is 91.5 Å². The summed E-state index contributed by atoms with van der Waals surface area (Å²) in [6, 6.07) is 6.14. The van der Waals surface area contributed by atoms with Gasteiger partial charge in [0.15, 0.2) is 0 Å². The average Bonchev–Trinajstić information content (AvgIpc) is 2.20. The molecule has 0 saturated heterocycles. The molecule has 15 heavy (non-hydrogen) atoms. The molecular formula is C12H20N2O. The van der Waals surface area contributed by atoms with E-state index in [0.717, 1.165) is 6.42 Å². The molecule has 1 atom stereocenters. The lowest BCUT2D eigenvalue weighted by Crippen LogP contribution is -2.27. The molecule has 3 N–H and O–H groups in total. The third-order valence-electron chi connectivity index (χ3n) is 2.56. The van der Waals surface area contributed by atoms with Crippen LogP contribution in [0.1, 0.15) is 11.1 Å². The highest BCUT2D eigenvalue weighted by Gasteiger charge is 2.06. The Balaban J connectivity index is 2.83. The van der Waals surface area contributed by atoms with E-state index in [4.69, 9.17) is 10.8 Å². The van der Waals surface area contributed by atoms with Crippen LogP contribution in [-0.2, 0) is 6.42 Å². The maximum Gasteiger partial charge on any atom is 0.0585 e. The molecule has 1 aromatic rings. The van der Waals surface area contributed by atoms with Crippen molar-refractivity contribution in [2.45, 2.75) is 19.4 Å². The van der Waals surface area contributed by atoms with Crippen LogP contribution in [0, 0.1) is 6.92 Å². The van der Waals surface area contributed by atoms with E-state index in [-0.39, 0.29) is 12.6 Å². The second-order valence-corrected chi connectivity index (χ2v) is 4.15. The highest BCUT2D eigenvalue weighted by molar-refractivity contribution is 5.49. The van der Waals surface area contributed by atoms with Crippen molar-refractivity contribution in [2.75, 3.05) is 25.6 Å². The molecule has 0 spiro atoms. The molecule has 0 aromatic heterocycles. The fourth-order valence-corrected chi connectivity index (χ4v) is 1.53. The van der Waals surface area contributed by atoms with Gasteiger partial charge in [0, 0.05) is 25.8 Å². The molecule has 1 rings (SSSR count). The van der Waals surface area contributed by atoms with Gasteiger partial charge in [0.05, 0.1) is 6.61 Å². The third-order valence-corrected chi connectivity index (χ3v) is 2.56. The number of benzene rings is 1. The maximum absolute atomic E-state index is 8.90. The van der Waals surface area contributed by atoms with Crippen LogP contribution in [0.15, 0.2) is 18.2 Å². The van der Waals surface area contributed by atoms with Crippen LogP contribution in [0.25, 0.3) is 0 Å². The van der Waals surface area contributed by atoms with Crippen LogP contribution in [-0.4, -0.2) is 31.9 Å². The molecule has 0 radical (unpaired) electrons. The number of hydrogen-bond acceptors (Lipinski definition) is 3. The second-order valence-electron chi connectivity index (χ2n) is 4.15. The summed E-state index contributed by atoms with van der Waals surface area (Å²) in [7, 11) is 4.04. The molecule has 0 aliphatic rings. The van der Waals surface area contributed by atoms with Crippen molar-refractivity contribution in [3.63, 3.8) is 0 Å². The van der Waals surface area contributed by atoms with Gasteiger partial charge >= 0.3 is 0 Å². The van der Waals surface area contributed by atoms with E-state index in [0.29, 0.717) is 0 Å². The third kappa shape index (κ3) is 3.22. The first-order valence-electron chi connectivity index (χ1n) is 5.18. The summed E-state index contributed by atoms with van der Waals surface area (Å²) in [6.45, 7) is 2.11. The predicted molar refractivity (Wildman–Crippen MR) is 64.3 cm³/mol. The van der Waals surface area contributed by atoms with E-state index < -0.39 is 0 Å². The molecule has 0 heterocycles. The molecular weight excluding hydrogens is 188 g/mol. The van der Waals surface area contributed by atoms with Crippen molar-refractivity contribution >= 4 is 5.69 Å². The first-order chi connectivity index (χ1) is 7.04. The van der Waals surface area contributed by atoms with Gasteiger partial charge in [0.2, 0.25) is 0 Å². The van der Waals surface area contributed by atoms with E-state index in [1.54, 1.807) is 0 Å². The van der Waals surface area contributed by atoms with Crippen molar-refractivity contribution in [1.82, 2.24) is 0 Å². The summed E-state index contributed by atoms with van der Waals surface area (Å²) in [5, 5.41) is 8.90. The van der Waals surface area contributed by atoms with Gasteiger partial charge in [-0.15, -0.1) is 0 Å². The van der Waals surface area contributed by atoms with Gasteiger partial charge in [-0.1, -0.05) is 6.07 Å². The SMILES string of the molecule is Cc1cc(N(C)C)ccc1CC(N)CO. The minimum Gasteiger partial charge on any atom is -0.395 e. The minimum atomic E-state index is -0.158. The van der Waals surface area contributed by atoms with Gasteiger partial charge in [-0.2, -0.15) is 0 Å². The molecule has 3 nitrogen and oxygen atoms in total. The topological polar surface area (TPSA) is 49.5 Å². The van der Waals surface area contributed by atoms with Gasteiger partial charge in [-0.05, 0) is 36.6 Å². The normalized spacial score (nSPS) is 12.6. The zero-order valence-corrected chi connectivity index (χ0v) is 9.70. The summed E-state index contributed by atoms with van der Waals surface area (Å²) in [5.41, 5.74) is 9.34. The molecule has 1 aromatic carbocycles. The predicted octanol–water partition coefficient (Wildman–Crippen LogP) is 0.923. The van der Waals surface area contributed by atoms with Gasteiger partial charge in [0.25, 0.3) is 0 Å². The summed E-state index contributed by atoms with van der Waals surface area (Å²) >= 11 is 0. The van der Waals surface area contributed by atoms with Gasteiger partial charge in [-0.3, -0.25) is 0 Å². The lowest BCUT2D eigenvalue weighted by Gasteiger charge is -2.16. The average molecular weight is 208 g/mol. The lowest BCUT2D eigenvalue weighted by atomic mass is 10.0. The Morgan fingerprint density at radius 1 is 1.40 bits per heavy atom. The van der Waals surface area contributed by atoms with E-state index >= 15 is 0 Å². The standard InChI is InChI=1S/C12H20N2O/c1-9-6-12(14(2)3)5-4-10(9)7-11(13)8-15/h4-6,11,15H,7-8,13H2,1-3H3. The first kappa shape index (κ1) is 12.0. The molecule has 0 bridgehead atoms. The second kappa shape index (κ2) is 5.14. The fourth-order valence-electron chi connectivity index (χ4n) is 1.53.